The van der Waals surface area contributed by atoms with E-state index in [0.717, 1.165) is 23.5 Å². The highest BCUT2D eigenvalue weighted by atomic mass is 16.5. The Labute approximate surface area is 124 Å². The molecule has 3 aromatic rings. The molecule has 0 saturated carbocycles. The Hall–Kier alpha value is -2.33. The molecular weight excluding hydrogens is 262 g/mol. The molecule has 0 aliphatic carbocycles. The van der Waals surface area contributed by atoms with Gasteiger partial charge in [0.15, 0.2) is 0 Å². The van der Waals surface area contributed by atoms with Crippen molar-refractivity contribution < 1.29 is 4.74 Å². The fraction of sp³-hybridized carbons (Fsp3) is 0.235. The summed E-state index contributed by atoms with van der Waals surface area (Å²) in [4.78, 5) is 4.57. The van der Waals surface area contributed by atoms with Crippen LogP contribution in [0.1, 0.15) is 16.8 Å². The van der Waals surface area contributed by atoms with E-state index in [0.29, 0.717) is 12.4 Å². The number of hydrogen-bond acceptors (Lipinski definition) is 3. The number of imidazole rings is 1. The van der Waals surface area contributed by atoms with E-state index < -0.39 is 0 Å². The molecule has 0 radical (unpaired) electrons. The van der Waals surface area contributed by atoms with Crippen molar-refractivity contribution in [2.45, 2.75) is 20.3 Å². The van der Waals surface area contributed by atoms with Crippen molar-refractivity contribution >= 4 is 5.65 Å². The third-order valence-corrected chi connectivity index (χ3v) is 3.38. The third kappa shape index (κ3) is 2.76. The van der Waals surface area contributed by atoms with Crippen LogP contribution < -0.4 is 10.5 Å². The first-order chi connectivity index (χ1) is 10.2. The van der Waals surface area contributed by atoms with Crippen LogP contribution in [-0.4, -0.2) is 15.9 Å². The summed E-state index contributed by atoms with van der Waals surface area (Å²) in [5.74, 6) is 1.45. The second-order valence-corrected chi connectivity index (χ2v) is 5.26. The van der Waals surface area contributed by atoms with Gasteiger partial charge in [-0.25, -0.2) is 0 Å². The van der Waals surface area contributed by atoms with Gasteiger partial charge in [-0.05, 0) is 55.8 Å². The molecule has 4 nitrogen and oxygen atoms in total. The van der Waals surface area contributed by atoms with Crippen LogP contribution in [-0.2, 0) is 6.42 Å². The number of hydrogen-bond donors (Lipinski definition) is 1. The van der Waals surface area contributed by atoms with Gasteiger partial charge in [0.05, 0.1) is 5.69 Å². The van der Waals surface area contributed by atoms with Crippen molar-refractivity contribution in [3.63, 3.8) is 0 Å². The zero-order valence-electron chi connectivity index (χ0n) is 12.3. The smallest absolute Gasteiger partial charge is 0.241 e. The van der Waals surface area contributed by atoms with Crippen LogP contribution in [0, 0.1) is 13.8 Å². The van der Waals surface area contributed by atoms with Crippen molar-refractivity contribution in [3.8, 4) is 11.6 Å². The fourth-order valence-electron chi connectivity index (χ4n) is 2.57. The van der Waals surface area contributed by atoms with E-state index in [1.807, 2.05) is 40.9 Å². The average molecular weight is 281 g/mol. The maximum absolute atomic E-state index is 6.02. The van der Waals surface area contributed by atoms with E-state index in [2.05, 4.69) is 24.9 Å². The van der Waals surface area contributed by atoms with E-state index in [9.17, 15) is 0 Å². The Morgan fingerprint density at radius 2 is 1.90 bits per heavy atom. The maximum atomic E-state index is 6.02. The molecule has 0 fully saturated rings. The second kappa shape index (κ2) is 5.58. The standard InChI is InChI=1S/C17H19N3O/c1-12-9-13(2)11-14(10-12)21-17-15(6-7-18)20-8-4-3-5-16(20)19-17/h3-5,8-11H,6-7,18H2,1-2H3. The SMILES string of the molecule is Cc1cc(C)cc(Oc2nc3ccccn3c2CCN)c1. The number of fused-ring (bicyclic) bond motifs is 1. The first-order valence-corrected chi connectivity index (χ1v) is 7.09. The van der Waals surface area contributed by atoms with Gasteiger partial charge in [-0.15, -0.1) is 0 Å². The Balaban J connectivity index is 2.04. The van der Waals surface area contributed by atoms with Crippen molar-refractivity contribution in [2.24, 2.45) is 5.73 Å². The van der Waals surface area contributed by atoms with Crippen molar-refractivity contribution in [1.82, 2.24) is 9.38 Å². The number of nitrogens with zero attached hydrogens (tertiary/aromatic N) is 2. The molecule has 0 bridgehead atoms. The zero-order chi connectivity index (χ0) is 14.8. The van der Waals surface area contributed by atoms with Gasteiger partial charge < -0.3 is 14.9 Å². The Kier molecular flexibility index (Phi) is 3.62. The average Bonchev–Trinajstić information content (AvgIpc) is 2.76. The lowest BCUT2D eigenvalue weighted by atomic mass is 10.1. The number of pyridine rings is 1. The predicted molar refractivity (Wildman–Crippen MR) is 83.9 cm³/mol. The van der Waals surface area contributed by atoms with Gasteiger partial charge in [0.2, 0.25) is 5.88 Å². The van der Waals surface area contributed by atoms with E-state index in [1.54, 1.807) is 0 Å². The van der Waals surface area contributed by atoms with Crippen LogP contribution in [0.25, 0.3) is 5.65 Å². The highest BCUT2D eigenvalue weighted by Gasteiger charge is 2.13. The van der Waals surface area contributed by atoms with Gasteiger partial charge in [-0.3, -0.25) is 0 Å². The van der Waals surface area contributed by atoms with Crippen LogP contribution in [0.3, 0.4) is 0 Å². The molecule has 0 aliphatic heterocycles. The van der Waals surface area contributed by atoms with Crippen molar-refractivity contribution in [3.05, 3.63) is 59.4 Å². The third-order valence-electron chi connectivity index (χ3n) is 3.38. The minimum absolute atomic E-state index is 0.561. The normalized spacial score (nSPS) is 11.0. The fourth-order valence-corrected chi connectivity index (χ4v) is 2.57. The number of benzene rings is 1. The van der Waals surface area contributed by atoms with E-state index in [4.69, 9.17) is 10.5 Å². The quantitative estimate of drug-likeness (QED) is 0.798. The molecule has 2 heterocycles. The van der Waals surface area contributed by atoms with E-state index in [1.165, 1.54) is 11.1 Å². The lowest BCUT2D eigenvalue weighted by Gasteiger charge is -2.07. The van der Waals surface area contributed by atoms with Gasteiger partial charge >= 0.3 is 0 Å². The van der Waals surface area contributed by atoms with E-state index >= 15 is 0 Å². The molecule has 0 aliphatic rings. The lowest BCUT2D eigenvalue weighted by Crippen LogP contribution is -2.06. The lowest BCUT2D eigenvalue weighted by molar-refractivity contribution is 0.458. The molecule has 2 N–H and O–H groups in total. The van der Waals surface area contributed by atoms with E-state index in [-0.39, 0.29) is 0 Å². The highest BCUT2D eigenvalue weighted by Crippen LogP contribution is 2.27. The molecule has 4 heteroatoms. The molecule has 21 heavy (non-hydrogen) atoms. The summed E-state index contributed by atoms with van der Waals surface area (Å²) in [6.45, 7) is 4.68. The molecule has 2 aromatic heterocycles. The van der Waals surface area contributed by atoms with Crippen LogP contribution in [0.15, 0.2) is 42.6 Å². The van der Waals surface area contributed by atoms with Gasteiger partial charge in [0.1, 0.15) is 11.4 Å². The molecule has 0 amide bonds. The Morgan fingerprint density at radius 3 is 2.62 bits per heavy atom. The summed E-state index contributed by atoms with van der Waals surface area (Å²) in [7, 11) is 0. The van der Waals surface area contributed by atoms with Crippen molar-refractivity contribution in [2.75, 3.05) is 6.54 Å². The number of nitrogens with two attached hydrogens (primary N) is 1. The molecule has 108 valence electrons. The van der Waals surface area contributed by atoms with Crippen LogP contribution >= 0.6 is 0 Å². The molecule has 0 spiro atoms. The van der Waals surface area contributed by atoms with Gasteiger partial charge in [-0.2, -0.15) is 4.98 Å². The first-order valence-electron chi connectivity index (χ1n) is 7.09. The highest BCUT2D eigenvalue weighted by molar-refractivity contribution is 5.47. The summed E-state index contributed by atoms with van der Waals surface area (Å²) < 4.78 is 8.05. The number of aryl methyl sites for hydroxylation is 2. The predicted octanol–water partition coefficient (Wildman–Crippen LogP) is 3.24. The molecule has 0 saturated heterocycles. The number of ether oxygens (including phenoxy) is 1. The second-order valence-electron chi connectivity index (χ2n) is 5.26. The zero-order valence-corrected chi connectivity index (χ0v) is 12.3. The minimum Gasteiger partial charge on any atom is -0.437 e. The van der Waals surface area contributed by atoms with Crippen molar-refractivity contribution in [1.29, 1.82) is 0 Å². The van der Waals surface area contributed by atoms with Gasteiger partial charge in [-0.1, -0.05) is 12.1 Å². The largest absolute Gasteiger partial charge is 0.437 e. The topological polar surface area (TPSA) is 52.5 Å². The first kappa shape index (κ1) is 13.6. The van der Waals surface area contributed by atoms with Gasteiger partial charge in [0, 0.05) is 12.6 Å². The Bertz CT molecular complexity index is 757. The molecule has 0 atom stereocenters. The number of aromatic nitrogens is 2. The minimum atomic E-state index is 0.561. The van der Waals surface area contributed by atoms with Gasteiger partial charge in [0.25, 0.3) is 0 Å². The monoisotopic (exact) mass is 281 g/mol. The van der Waals surface area contributed by atoms with Crippen LogP contribution in [0.4, 0.5) is 0 Å². The van der Waals surface area contributed by atoms with Crippen LogP contribution in [0.5, 0.6) is 11.6 Å². The maximum Gasteiger partial charge on any atom is 0.241 e. The summed E-state index contributed by atoms with van der Waals surface area (Å²) in [6, 6.07) is 12.1. The summed E-state index contributed by atoms with van der Waals surface area (Å²) in [5, 5.41) is 0. The summed E-state index contributed by atoms with van der Waals surface area (Å²) in [5.41, 5.74) is 9.96. The number of rotatable bonds is 4. The molecule has 1 aromatic carbocycles. The summed E-state index contributed by atoms with van der Waals surface area (Å²) >= 11 is 0. The molecule has 0 unspecified atom stereocenters. The molecular formula is C17H19N3O. The van der Waals surface area contributed by atoms with Crippen LogP contribution in [0.2, 0.25) is 0 Å². The molecule has 3 rings (SSSR count). The summed E-state index contributed by atoms with van der Waals surface area (Å²) in [6.07, 6.45) is 2.72. The Morgan fingerprint density at radius 1 is 1.14 bits per heavy atom.